The number of rotatable bonds is 6. The SMILES string of the molecule is CN(C)CCN1C(=O)c2cccc3cc(NCc4cccs4)cc(c23)C1=O. The molecule has 0 bridgehead atoms. The van der Waals surface area contributed by atoms with Crippen molar-refractivity contribution in [3.05, 3.63) is 63.8 Å². The number of likely N-dealkylation sites (N-methyl/N-ethyl adjacent to an activating group) is 1. The largest absolute Gasteiger partial charge is 0.380 e. The summed E-state index contributed by atoms with van der Waals surface area (Å²) in [5, 5.41) is 7.12. The van der Waals surface area contributed by atoms with Crippen molar-refractivity contribution in [1.82, 2.24) is 9.80 Å². The van der Waals surface area contributed by atoms with Crippen LogP contribution in [0.3, 0.4) is 0 Å². The maximum absolute atomic E-state index is 13.1. The molecule has 0 saturated carbocycles. The maximum atomic E-state index is 13.1. The molecular formula is C21H21N3O2S. The summed E-state index contributed by atoms with van der Waals surface area (Å²) >= 11 is 1.69. The van der Waals surface area contributed by atoms with E-state index in [1.54, 1.807) is 11.3 Å². The molecule has 0 saturated heterocycles. The highest BCUT2D eigenvalue weighted by molar-refractivity contribution is 7.09. The Bertz CT molecular complexity index is 1010. The normalized spacial score (nSPS) is 13.7. The molecule has 1 aliphatic rings. The minimum absolute atomic E-state index is 0.209. The first-order valence-electron chi connectivity index (χ1n) is 8.88. The van der Waals surface area contributed by atoms with E-state index in [1.807, 2.05) is 60.8 Å². The highest BCUT2D eigenvalue weighted by atomic mass is 32.1. The molecule has 6 heteroatoms. The van der Waals surface area contributed by atoms with Crippen LogP contribution in [0.15, 0.2) is 47.8 Å². The van der Waals surface area contributed by atoms with Crippen LogP contribution < -0.4 is 5.32 Å². The van der Waals surface area contributed by atoms with E-state index in [1.165, 1.54) is 9.78 Å². The van der Waals surface area contributed by atoms with Gasteiger partial charge in [0.25, 0.3) is 11.8 Å². The number of imide groups is 1. The second-order valence-corrected chi connectivity index (χ2v) is 7.96. The summed E-state index contributed by atoms with van der Waals surface area (Å²) in [5.41, 5.74) is 2.08. The van der Waals surface area contributed by atoms with Crippen LogP contribution in [0.25, 0.3) is 10.8 Å². The van der Waals surface area contributed by atoms with E-state index in [2.05, 4.69) is 11.4 Å². The lowest BCUT2D eigenvalue weighted by atomic mass is 9.93. The Morgan fingerprint density at radius 3 is 2.59 bits per heavy atom. The van der Waals surface area contributed by atoms with Crippen LogP contribution in [-0.2, 0) is 6.54 Å². The third-order valence-electron chi connectivity index (χ3n) is 4.75. The molecule has 4 rings (SSSR count). The minimum atomic E-state index is -0.217. The molecule has 2 aromatic carbocycles. The number of amides is 2. The van der Waals surface area contributed by atoms with Crippen LogP contribution in [0.5, 0.6) is 0 Å². The zero-order valence-electron chi connectivity index (χ0n) is 15.4. The molecule has 0 atom stereocenters. The smallest absolute Gasteiger partial charge is 0.261 e. The van der Waals surface area contributed by atoms with Crippen molar-refractivity contribution in [1.29, 1.82) is 0 Å². The highest BCUT2D eigenvalue weighted by Gasteiger charge is 2.32. The van der Waals surface area contributed by atoms with E-state index >= 15 is 0 Å². The van der Waals surface area contributed by atoms with E-state index in [9.17, 15) is 9.59 Å². The Hall–Kier alpha value is -2.70. The minimum Gasteiger partial charge on any atom is -0.380 e. The highest BCUT2D eigenvalue weighted by Crippen LogP contribution is 2.33. The summed E-state index contributed by atoms with van der Waals surface area (Å²) in [4.78, 5) is 30.5. The van der Waals surface area contributed by atoms with Gasteiger partial charge in [-0.1, -0.05) is 18.2 Å². The molecule has 1 aliphatic heterocycles. The summed E-state index contributed by atoms with van der Waals surface area (Å²) in [5.74, 6) is -0.426. The van der Waals surface area contributed by atoms with Crippen LogP contribution in [-0.4, -0.2) is 48.8 Å². The quantitative estimate of drug-likeness (QED) is 0.664. The third kappa shape index (κ3) is 3.34. The molecule has 2 heterocycles. The predicted octanol–water partition coefficient (Wildman–Crippen LogP) is 3.67. The van der Waals surface area contributed by atoms with E-state index in [0.717, 1.165) is 16.5 Å². The molecular weight excluding hydrogens is 358 g/mol. The van der Waals surface area contributed by atoms with Gasteiger partial charge in [0.2, 0.25) is 0 Å². The summed E-state index contributed by atoms with van der Waals surface area (Å²) in [6.45, 7) is 1.73. The maximum Gasteiger partial charge on any atom is 0.261 e. The van der Waals surface area contributed by atoms with Crippen LogP contribution in [0.4, 0.5) is 5.69 Å². The van der Waals surface area contributed by atoms with E-state index < -0.39 is 0 Å². The number of anilines is 1. The zero-order chi connectivity index (χ0) is 19.0. The van der Waals surface area contributed by atoms with Crippen molar-refractivity contribution in [2.75, 3.05) is 32.5 Å². The fourth-order valence-corrected chi connectivity index (χ4v) is 4.01. The monoisotopic (exact) mass is 379 g/mol. The van der Waals surface area contributed by atoms with Crippen LogP contribution >= 0.6 is 11.3 Å². The van der Waals surface area contributed by atoms with Crippen LogP contribution in [0, 0.1) is 0 Å². The summed E-state index contributed by atoms with van der Waals surface area (Å²) in [6, 6.07) is 13.6. The van der Waals surface area contributed by atoms with Gasteiger partial charge in [-0.3, -0.25) is 14.5 Å². The first kappa shape index (κ1) is 17.7. The number of nitrogens with one attached hydrogen (secondary N) is 1. The molecule has 3 aromatic rings. The number of hydrogen-bond donors (Lipinski definition) is 1. The summed E-state index contributed by atoms with van der Waals surface area (Å²) < 4.78 is 0. The average Bonchev–Trinajstić information content (AvgIpc) is 3.17. The number of benzene rings is 2. The molecule has 0 unspecified atom stereocenters. The van der Waals surface area contributed by atoms with Crippen molar-refractivity contribution in [2.24, 2.45) is 0 Å². The Kier molecular flexibility index (Phi) is 4.68. The molecule has 0 radical (unpaired) electrons. The van der Waals surface area contributed by atoms with E-state index in [4.69, 9.17) is 0 Å². The average molecular weight is 379 g/mol. The zero-order valence-corrected chi connectivity index (χ0v) is 16.2. The van der Waals surface area contributed by atoms with Crippen molar-refractivity contribution >= 4 is 39.6 Å². The van der Waals surface area contributed by atoms with Crippen molar-refractivity contribution < 1.29 is 9.59 Å². The van der Waals surface area contributed by atoms with Gasteiger partial charge in [0.15, 0.2) is 0 Å². The second kappa shape index (κ2) is 7.13. The number of nitrogens with zero attached hydrogens (tertiary/aromatic N) is 2. The summed E-state index contributed by atoms with van der Waals surface area (Å²) in [6.07, 6.45) is 0. The van der Waals surface area contributed by atoms with Crippen molar-refractivity contribution in [3.8, 4) is 0 Å². The second-order valence-electron chi connectivity index (χ2n) is 6.93. The molecule has 2 amide bonds. The van der Waals surface area contributed by atoms with Gasteiger partial charge in [-0.25, -0.2) is 0 Å². The molecule has 0 aliphatic carbocycles. The van der Waals surface area contributed by atoms with Gasteiger partial charge in [-0.15, -0.1) is 11.3 Å². The van der Waals surface area contributed by atoms with Crippen molar-refractivity contribution in [2.45, 2.75) is 6.54 Å². The molecule has 1 N–H and O–H groups in total. The lowest BCUT2D eigenvalue weighted by Gasteiger charge is -2.28. The van der Waals surface area contributed by atoms with Crippen molar-refractivity contribution in [3.63, 3.8) is 0 Å². The fourth-order valence-electron chi connectivity index (χ4n) is 3.37. The predicted molar refractivity (Wildman–Crippen MR) is 110 cm³/mol. The fraction of sp³-hybridized carbons (Fsp3) is 0.238. The number of hydrogen-bond acceptors (Lipinski definition) is 5. The van der Waals surface area contributed by atoms with Gasteiger partial charge in [-0.05, 0) is 49.1 Å². The topological polar surface area (TPSA) is 52.6 Å². The standard InChI is InChI=1S/C21H21N3O2S/c1-23(2)8-9-24-20(25)17-7-3-5-14-11-15(12-18(19(14)17)21(24)26)22-13-16-6-4-10-27-16/h3-7,10-12,22H,8-9,13H2,1-2H3. The van der Waals surface area contributed by atoms with Gasteiger partial charge in [0.1, 0.15) is 0 Å². The lowest BCUT2D eigenvalue weighted by molar-refractivity contribution is 0.0601. The first-order chi connectivity index (χ1) is 13.0. The van der Waals surface area contributed by atoms with E-state index in [0.29, 0.717) is 30.8 Å². The van der Waals surface area contributed by atoms with Crippen LogP contribution in [0.2, 0.25) is 0 Å². The molecule has 0 spiro atoms. The molecule has 1 aromatic heterocycles. The summed E-state index contributed by atoms with van der Waals surface area (Å²) in [7, 11) is 3.86. The Labute approximate surface area is 162 Å². The lowest BCUT2D eigenvalue weighted by Crippen LogP contribution is -2.43. The Morgan fingerprint density at radius 1 is 1.04 bits per heavy atom. The van der Waals surface area contributed by atoms with E-state index in [-0.39, 0.29) is 11.8 Å². The number of thiophene rings is 1. The molecule has 5 nitrogen and oxygen atoms in total. The van der Waals surface area contributed by atoms with Gasteiger partial charge in [0, 0.05) is 41.1 Å². The van der Waals surface area contributed by atoms with Gasteiger partial charge in [0.05, 0.1) is 5.56 Å². The van der Waals surface area contributed by atoms with Gasteiger partial charge < -0.3 is 10.2 Å². The van der Waals surface area contributed by atoms with Gasteiger partial charge >= 0.3 is 0 Å². The number of carbonyl (C=O) groups excluding carboxylic acids is 2. The molecule has 27 heavy (non-hydrogen) atoms. The first-order valence-corrected chi connectivity index (χ1v) is 9.76. The van der Waals surface area contributed by atoms with Crippen LogP contribution in [0.1, 0.15) is 25.6 Å². The molecule has 0 fully saturated rings. The molecule has 138 valence electrons. The Morgan fingerprint density at radius 2 is 1.85 bits per heavy atom. The Balaban J connectivity index is 1.72. The van der Waals surface area contributed by atoms with Gasteiger partial charge in [-0.2, -0.15) is 0 Å². The third-order valence-corrected chi connectivity index (χ3v) is 5.62. The number of carbonyl (C=O) groups is 2.